The molecule has 1 unspecified atom stereocenters. The normalized spacial score (nSPS) is 18.6. The Morgan fingerprint density at radius 2 is 2.13 bits per heavy atom. The largest absolute Gasteiger partial charge is 0.440 e. The number of aromatic nitrogens is 2. The summed E-state index contributed by atoms with van der Waals surface area (Å²) in [5.74, 6) is 2.50. The van der Waals surface area contributed by atoms with Gasteiger partial charge in [-0.15, -0.1) is 0 Å². The lowest BCUT2D eigenvalue weighted by Crippen LogP contribution is -2.22. The molecule has 2 aromatic heterocycles. The highest BCUT2D eigenvalue weighted by atomic mass is 16.5. The van der Waals surface area contributed by atoms with Gasteiger partial charge in [-0.05, 0) is 38.4 Å². The van der Waals surface area contributed by atoms with E-state index < -0.39 is 0 Å². The van der Waals surface area contributed by atoms with Crippen molar-refractivity contribution in [2.75, 3.05) is 6.54 Å². The van der Waals surface area contributed by atoms with Crippen LogP contribution in [0.1, 0.15) is 36.1 Å². The van der Waals surface area contributed by atoms with Crippen molar-refractivity contribution in [2.24, 2.45) is 0 Å². The van der Waals surface area contributed by atoms with Crippen molar-refractivity contribution in [2.45, 2.75) is 32.4 Å². The van der Waals surface area contributed by atoms with Gasteiger partial charge in [0.25, 0.3) is 0 Å². The number of oxazole rings is 1. The van der Waals surface area contributed by atoms with E-state index in [2.05, 4.69) is 15.0 Å². The lowest BCUT2D eigenvalue weighted by molar-refractivity contribution is 0.194. The predicted molar refractivity (Wildman–Crippen MR) is 85.6 cm³/mol. The van der Waals surface area contributed by atoms with Crippen LogP contribution in [0.5, 0.6) is 0 Å². The number of benzene rings is 1. The number of nitrogens with zero attached hydrogens (tertiary/aromatic N) is 3. The maximum Gasteiger partial charge on any atom is 0.226 e. The molecule has 23 heavy (non-hydrogen) atoms. The summed E-state index contributed by atoms with van der Waals surface area (Å²) in [6.07, 6.45) is 4.07. The summed E-state index contributed by atoms with van der Waals surface area (Å²) < 4.78 is 11.4. The van der Waals surface area contributed by atoms with E-state index in [1.807, 2.05) is 49.5 Å². The Kier molecular flexibility index (Phi) is 3.71. The quantitative estimate of drug-likeness (QED) is 0.729. The van der Waals surface area contributed by atoms with E-state index in [-0.39, 0.29) is 6.04 Å². The summed E-state index contributed by atoms with van der Waals surface area (Å²) in [6, 6.07) is 12.3. The fourth-order valence-corrected chi connectivity index (χ4v) is 3.17. The third-order valence-electron chi connectivity index (χ3n) is 4.27. The van der Waals surface area contributed by atoms with Gasteiger partial charge in [0, 0.05) is 11.6 Å². The van der Waals surface area contributed by atoms with Crippen LogP contribution in [0, 0.1) is 6.92 Å². The Labute approximate surface area is 134 Å². The minimum atomic E-state index is 0.279. The summed E-state index contributed by atoms with van der Waals surface area (Å²) in [6.45, 7) is 3.73. The van der Waals surface area contributed by atoms with Gasteiger partial charge < -0.3 is 8.94 Å². The minimum Gasteiger partial charge on any atom is -0.440 e. The van der Waals surface area contributed by atoms with Gasteiger partial charge in [-0.25, -0.2) is 4.98 Å². The van der Waals surface area contributed by atoms with Gasteiger partial charge in [0.2, 0.25) is 5.89 Å². The monoisotopic (exact) mass is 309 g/mol. The first-order valence-electron chi connectivity index (χ1n) is 7.97. The van der Waals surface area contributed by atoms with Gasteiger partial charge in [-0.1, -0.05) is 23.4 Å². The highest BCUT2D eigenvalue weighted by Crippen LogP contribution is 2.33. The highest BCUT2D eigenvalue weighted by molar-refractivity contribution is 5.52. The zero-order valence-electron chi connectivity index (χ0n) is 13.1. The zero-order chi connectivity index (χ0) is 15.6. The van der Waals surface area contributed by atoms with Crippen LogP contribution in [0.3, 0.4) is 0 Å². The minimum absolute atomic E-state index is 0.279. The molecule has 1 saturated heterocycles. The molecule has 0 amide bonds. The summed E-state index contributed by atoms with van der Waals surface area (Å²) in [7, 11) is 0. The molecule has 3 heterocycles. The molecule has 1 aliphatic rings. The van der Waals surface area contributed by atoms with E-state index in [9.17, 15) is 0 Å². The van der Waals surface area contributed by atoms with Crippen LogP contribution in [0.15, 0.2) is 51.5 Å². The lowest BCUT2D eigenvalue weighted by atomic mass is 10.1. The molecule has 0 N–H and O–H groups in total. The van der Waals surface area contributed by atoms with Crippen molar-refractivity contribution in [3.8, 4) is 11.5 Å². The zero-order valence-corrected chi connectivity index (χ0v) is 13.1. The van der Waals surface area contributed by atoms with Gasteiger partial charge in [-0.2, -0.15) is 0 Å². The van der Waals surface area contributed by atoms with Crippen LogP contribution in [0.2, 0.25) is 0 Å². The molecule has 1 atom stereocenters. The van der Waals surface area contributed by atoms with Gasteiger partial charge in [0.15, 0.2) is 5.76 Å². The van der Waals surface area contributed by atoms with Crippen LogP contribution in [-0.4, -0.2) is 21.6 Å². The van der Waals surface area contributed by atoms with Crippen LogP contribution in [0.25, 0.3) is 11.5 Å². The lowest BCUT2D eigenvalue weighted by Gasteiger charge is -2.20. The molecule has 3 aromatic rings. The van der Waals surface area contributed by atoms with E-state index in [4.69, 9.17) is 8.94 Å². The average molecular weight is 309 g/mol. The third-order valence-corrected chi connectivity index (χ3v) is 4.27. The first kappa shape index (κ1) is 14.2. The van der Waals surface area contributed by atoms with E-state index in [0.29, 0.717) is 5.89 Å². The number of hydrogen-bond acceptors (Lipinski definition) is 5. The van der Waals surface area contributed by atoms with Crippen molar-refractivity contribution >= 4 is 0 Å². The molecule has 5 heteroatoms. The molecule has 5 nitrogen and oxygen atoms in total. The Morgan fingerprint density at radius 3 is 2.91 bits per heavy atom. The van der Waals surface area contributed by atoms with Gasteiger partial charge in [0.05, 0.1) is 24.5 Å². The van der Waals surface area contributed by atoms with Crippen LogP contribution in [-0.2, 0) is 6.54 Å². The van der Waals surface area contributed by atoms with E-state index in [1.54, 1.807) is 0 Å². The second kappa shape index (κ2) is 6.01. The Bertz CT molecular complexity index is 778. The molecule has 0 radical (unpaired) electrons. The Hall–Kier alpha value is -2.40. The maximum atomic E-state index is 5.92. The van der Waals surface area contributed by atoms with Gasteiger partial charge in [0.1, 0.15) is 5.76 Å². The first-order chi connectivity index (χ1) is 11.3. The Morgan fingerprint density at radius 1 is 1.26 bits per heavy atom. The van der Waals surface area contributed by atoms with Crippen molar-refractivity contribution in [1.82, 2.24) is 15.0 Å². The molecule has 0 spiro atoms. The van der Waals surface area contributed by atoms with Crippen LogP contribution < -0.4 is 0 Å². The van der Waals surface area contributed by atoms with Crippen molar-refractivity contribution in [3.63, 3.8) is 0 Å². The third kappa shape index (κ3) is 2.92. The van der Waals surface area contributed by atoms with Gasteiger partial charge >= 0.3 is 0 Å². The molecule has 4 rings (SSSR count). The van der Waals surface area contributed by atoms with Crippen molar-refractivity contribution in [3.05, 3.63) is 59.8 Å². The maximum absolute atomic E-state index is 5.92. The molecule has 0 saturated carbocycles. The average Bonchev–Trinajstić information content (AvgIpc) is 3.29. The fraction of sp³-hybridized carbons (Fsp3) is 0.333. The highest BCUT2D eigenvalue weighted by Gasteiger charge is 2.29. The van der Waals surface area contributed by atoms with Crippen LogP contribution >= 0.6 is 0 Å². The smallest absolute Gasteiger partial charge is 0.226 e. The summed E-state index contributed by atoms with van der Waals surface area (Å²) >= 11 is 0. The van der Waals surface area contributed by atoms with E-state index >= 15 is 0 Å². The molecule has 1 aliphatic heterocycles. The Balaban J connectivity index is 1.50. The molecule has 1 aromatic carbocycles. The SMILES string of the molecule is Cc1cc(C2CCCN2Cc2cnc(-c3ccccc3)o2)on1. The fourth-order valence-electron chi connectivity index (χ4n) is 3.17. The molecule has 1 fully saturated rings. The second-order valence-electron chi connectivity index (χ2n) is 6.00. The first-order valence-corrected chi connectivity index (χ1v) is 7.97. The standard InChI is InChI=1S/C18H19N3O2/c1-13-10-17(23-20-13)16-8-5-9-21(16)12-15-11-19-18(22-15)14-6-3-2-4-7-14/h2-4,6-7,10-11,16H,5,8-9,12H2,1H3. The number of aryl methyl sites for hydroxylation is 1. The van der Waals surface area contributed by atoms with Crippen molar-refractivity contribution in [1.29, 1.82) is 0 Å². The van der Waals surface area contributed by atoms with Gasteiger partial charge in [-0.3, -0.25) is 4.90 Å². The van der Waals surface area contributed by atoms with E-state index in [0.717, 1.165) is 48.7 Å². The van der Waals surface area contributed by atoms with Crippen molar-refractivity contribution < 1.29 is 8.94 Å². The molecule has 118 valence electrons. The second-order valence-corrected chi connectivity index (χ2v) is 6.00. The number of hydrogen-bond donors (Lipinski definition) is 0. The van der Waals surface area contributed by atoms with E-state index in [1.165, 1.54) is 0 Å². The summed E-state index contributed by atoms with van der Waals surface area (Å²) in [5, 5.41) is 4.01. The molecular formula is C18H19N3O2. The summed E-state index contributed by atoms with van der Waals surface area (Å²) in [4.78, 5) is 6.77. The molecule has 0 bridgehead atoms. The molecular weight excluding hydrogens is 290 g/mol. The predicted octanol–water partition coefficient (Wildman–Crippen LogP) is 3.98. The van der Waals surface area contributed by atoms with Crippen LogP contribution in [0.4, 0.5) is 0 Å². The molecule has 0 aliphatic carbocycles. The number of rotatable bonds is 4. The number of likely N-dealkylation sites (tertiary alicyclic amines) is 1. The topological polar surface area (TPSA) is 55.3 Å². The summed E-state index contributed by atoms with van der Waals surface area (Å²) in [5.41, 5.74) is 1.93.